The maximum absolute atomic E-state index is 5.10. The van der Waals surface area contributed by atoms with E-state index in [4.69, 9.17) is 6.42 Å². The molecule has 0 heteroatoms. The third-order valence-corrected chi connectivity index (χ3v) is 0.979. The molecule has 0 saturated carbocycles. The highest BCUT2D eigenvalue weighted by Crippen LogP contribution is 2.00. The Morgan fingerprint density at radius 2 is 2.62 bits per heavy atom. The van der Waals surface area contributed by atoms with E-state index >= 15 is 0 Å². The van der Waals surface area contributed by atoms with Gasteiger partial charge in [-0.05, 0) is 18.6 Å². The molecule has 0 nitrogen and oxygen atoms in total. The van der Waals surface area contributed by atoms with Crippen molar-refractivity contribution in [1.82, 2.24) is 0 Å². The van der Waals surface area contributed by atoms with Crippen molar-refractivity contribution in [3.8, 4) is 12.3 Å². The monoisotopic (exact) mass is 102 g/mol. The molecule has 0 aromatic heterocycles. The summed E-state index contributed by atoms with van der Waals surface area (Å²) in [4.78, 5) is 0. The number of terminal acetylenes is 1. The lowest BCUT2D eigenvalue weighted by atomic mass is 10.2. The zero-order valence-corrected chi connectivity index (χ0v) is 4.52. The van der Waals surface area contributed by atoms with Crippen molar-refractivity contribution in [2.75, 3.05) is 0 Å². The molecule has 0 N–H and O–H groups in total. The van der Waals surface area contributed by atoms with Crippen molar-refractivity contribution in [3.63, 3.8) is 0 Å². The molecule has 0 bridgehead atoms. The average molecular weight is 102 g/mol. The van der Waals surface area contributed by atoms with Crippen LogP contribution < -0.4 is 0 Å². The van der Waals surface area contributed by atoms with Gasteiger partial charge in [0.2, 0.25) is 0 Å². The predicted molar refractivity (Wildman–Crippen MR) is 34.2 cm³/mol. The second-order valence-corrected chi connectivity index (χ2v) is 1.55. The van der Waals surface area contributed by atoms with E-state index in [2.05, 4.69) is 11.7 Å². The fraction of sp³-hybridized carbons (Fsp3) is 0.125. The van der Waals surface area contributed by atoms with Gasteiger partial charge in [0.1, 0.15) is 0 Å². The summed E-state index contributed by atoms with van der Waals surface area (Å²) >= 11 is 0. The van der Waals surface area contributed by atoms with Gasteiger partial charge in [0.05, 0.1) is 0 Å². The minimum absolute atomic E-state index is 0.927. The van der Waals surface area contributed by atoms with Crippen LogP contribution in [0.15, 0.2) is 29.5 Å². The molecule has 0 unspecified atom stereocenters. The van der Waals surface area contributed by atoms with Gasteiger partial charge in [0, 0.05) is 5.57 Å². The highest BCUT2D eigenvalue weighted by molar-refractivity contribution is 5.37. The smallest absolute Gasteiger partial charge is 0.0283 e. The lowest BCUT2D eigenvalue weighted by Gasteiger charge is -1.89. The van der Waals surface area contributed by atoms with E-state index in [0.717, 1.165) is 12.0 Å². The molecule has 0 aromatic carbocycles. The maximum Gasteiger partial charge on any atom is 0.0283 e. The van der Waals surface area contributed by atoms with Gasteiger partial charge >= 0.3 is 0 Å². The van der Waals surface area contributed by atoms with E-state index in [1.54, 1.807) is 0 Å². The standard InChI is InChI=1S/C8H6/c1-2-8-6-4-3-5-7-8/h1,3,6-7H,4H2. The van der Waals surface area contributed by atoms with Crippen LogP contribution in [0.2, 0.25) is 0 Å². The predicted octanol–water partition coefficient (Wildman–Crippen LogP) is 1.66. The molecule has 0 amide bonds. The first-order valence-corrected chi connectivity index (χ1v) is 2.51. The molecule has 0 aromatic rings. The van der Waals surface area contributed by atoms with E-state index < -0.39 is 0 Å². The van der Waals surface area contributed by atoms with Crippen LogP contribution >= 0.6 is 0 Å². The normalized spacial score (nSPS) is 15.1. The Morgan fingerprint density at radius 3 is 3.00 bits per heavy atom. The highest BCUT2D eigenvalue weighted by Gasteiger charge is 1.84. The van der Waals surface area contributed by atoms with Gasteiger partial charge in [-0.1, -0.05) is 12.0 Å². The molecule has 0 aliphatic heterocycles. The summed E-state index contributed by atoms with van der Waals surface area (Å²) in [6, 6.07) is 0. The third-order valence-electron chi connectivity index (χ3n) is 0.979. The van der Waals surface area contributed by atoms with Crippen molar-refractivity contribution in [1.29, 1.82) is 0 Å². The molecule has 0 saturated heterocycles. The summed E-state index contributed by atoms with van der Waals surface area (Å²) < 4.78 is 0. The number of hydrogen-bond donors (Lipinski definition) is 0. The van der Waals surface area contributed by atoms with Crippen molar-refractivity contribution in [3.05, 3.63) is 29.5 Å². The summed E-state index contributed by atoms with van der Waals surface area (Å²) in [6.45, 7) is 0. The highest BCUT2D eigenvalue weighted by atomic mass is 13.9. The maximum atomic E-state index is 5.10. The van der Waals surface area contributed by atoms with Crippen LogP contribution in [0.5, 0.6) is 0 Å². The Hall–Kier alpha value is -1.18. The van der Waals surface area contributed by atoms with Gasteiger partial charge in [-0.2, -0.15) is 0 Å². The Labute approximate surface area is 49.2 Å². The van der Waals surface area contributed by atoms with E-state index in [1.165, 1.54) is 0 Å². The average Bonchev–Trinajstić information content (AvgIpc) is 1.90. The Bertz CT molecular complexity index is 205. The van der Waals surface area contributed by atoms with Gasteiger partial charge in [-0.15, -0.1) is 12.2 Å². The van der Waals surface area contributed by atoms with Crippen LogP contribution in [0.3, 0.4) is 0 Å². The summed E-state index contributed by atoms with van der Waals surface area (Å²) in [5.41, 5.74) is 3.86. The van der Waals surface area contributed by atoms with E-state index in [1.807, 2.05) is 18.2 Å². The molecule has 1 rings (SSSR count). The quantitative estimate of drug-likeness (QED) is 0.322. The van der Waals surface area contributed by atoms with Gasteiger partial charge in [-0.25, -0.2) is 0 Å². The van der Waals surface area contributed by atoms with Crippen molar-refractivity contribution < 1.29 is 0 Å². The number of rotatable bonds is 0. The first-order valence-electron chi connectivity index (χ1n) is 2.51. The van der Waals surface area contributed by atoms with Crippen molar-refractivity contribution >= 4 is 0 Å². The molecule has 0 fully saturated rings. The lowest BCUT2D eigenvalue weighted by Crippen LogP contribution is -1.73. The molecule has 0 atom stereocenters. The van der Waals surface area contributed by atoms with Crippen LogP contribution in [0.4, 0.5) is 0 Å². The van der Waals surface area contributed by atoms with Crippen LogP contribution in [-0.2, 0) is 0 Å². The second-order valence-electron chi connectivity index (χ2n) is 1.55. The molecule has 0 heterocycles. The molecule has 0 spiro atoms. The number of allylic oxidation sites excluding steroid dienone is 3. The fourth-order valence-electron chi connectivity index (χ4n) is 0.562. The van der Waals surface area contributed by atoms with E-state index in [-0.39, 0.29) is 0 Å². The van der Waals surface area contributed by atoms with Crippen molar-refractivity contribution in [2.45, 2.75) is 6.42 Å². The molecule has 1 aliphatic rings. The van der Waals surface area contributed by atoms with Crippen LogP contribution in [0.1, 0.15) is 6.42 Å². The summed E-state index contributed by atoms with van der Waals surface area (Å²) in [5.74, 6) is 2.53. The second kappa shape index (κ2) is 2.21. The molecular formula is C8H6. The third kappa shape index (κ3) is 0.904. The van der Waals surface area contributed by atoms with Gasteiger partial charge in [0.15, 0.2) is 0 Å². The number of hydrogen-bond acceptors (Lipinski definition) is 0. The molecule has 8 heavy (non-hydrogen) atoms. The molecular weight excluding hydrogens is 96.1 g/mol. The van der Waals surface area contributed by atoms with Crippen LogP contribution in [0, 0.1) is 12.3 Å². The molecule has 38 valence electrons. The zero-order valence-electron chi connectivity index (χ0n) is 4.52. The fourth-order valence-corrected chi connectivity index (χ4v) is 0.562. The van der Waals surface area contributed by atoms with Gasteiger partial charge in [0.25, 0.3) is 0 Å². The van der Waals surface area contributed by atoms with E-state index in [9.17, 15) is 0 Å². The Balaban J connectivity index is 2.88. The Kier molecular flexibility index (Phi) is 1.37. The first kappa shape index (κ1) is 4.97. The topological polar surface area (TPSA) is 0 Å². The summed E-state index contributed by atoms with van der Waals surface area (Å²) in [5, 5.41) is 0. The largest absolute Gasteiger partial charge is 0.124 e. The Morgan fingerprint density at radius 1 is 1.75 bits per heavy atom. The summed E-state index contributed by atoms with van der Waals surface area (Å²) in [6.07, 6.45) is 11.8. The molecule has 1 aliphatic carbocycles. The van der Waals surface area contributed by atoms with E-state index in [0.29, 0.717) is 0 Å². The first-order chi connectivity index (χ1) is 3.93. The minimum atomic E-state index is 0.927. The molecule has 0 radical (unpaired) electrons. The SMILES string of the molecule is C#CC1=CCC=C=C1. The lowest BCUT2D eigenvalue weighted by molar-refractivity contribution is 1.36. The zero-order chi connectivity index (χ0) is 5.82. The minimum Gasteiger partial charge on any atom is -0.124 e. The van der Waals surface area contributed by atoms with Gasteiger partial charge < -0.3 is 0 Å². The summed E-state index contributed by atoms with van der Waals surface area (Å²) in [7, 11) is 0. The van der Waals surface area contributed by atoms with Crippen LogP contribution in [0.25, 0.3) is 0 Å². The van der Waals surface area contributed by atoms with Gasteiger partial charge in [-0.3, -0.25) is 0 Å². The van der Waals surface area contributed by atoms with Crippen molar-refractivity contribution in [2.24, 2.45) is 0 Å². The van der Waals surface area contributed by atoms with Crippen LogP contribution in [-0.4, -0.2) is 0 Å².